The van der Waals surface area contributed by atoms with Crippen LogP contribution in [-0.4, -0.2) is 36.1 Å². The van der Waals surface area contributed by atoms with E-state index < -0.39 is 0 Å². The van der Waals surface area contributed by atoms with Crippen LogP contribution in [0.25, 0.3) is 0 Å². The minimum atomic E-state index is -0.0343. The molecule has 0 aromatic heterocycles. The van der Waals surface area contributed by atoms with Gasteiger partial charge in [0, 0.05) is 6.04 Å². The molecule has 1 saturated carbocycles. The fourth-order valence-electron chi connectivity index (χ4n) is 2.11. The summed E-state index contributed by atoms with van der Waals surface area (Å²) < 4.78 is 5.15. The highest BCUT2D eigenvalue weighted by Crippen LogP contribution is 2.30. The molecule has 0 heterocycles. The predicted octanol–water partition coefficient (Wildman–Crippen LogP) is 2.59. The van der Waals surface area contributed by atoms with Gasteiger partial charge in [0.15, 0.2) is 0 Å². The van der Waals surface area contributed by atoms with Crippen LogP contribution in [0.2, 0.25) is 0 Å². The van der Waals surface area contributed by atoms with E-state index in [9.17, 15) is 4.79 Å². The van der Waals surface area contributed by atoms with Crippen LogP contribution in [0.5, 0.6) is 0 Å². The number of hydrogen-bond donors (Lipinski definition) is 0. The second-order valence-electron chi connectivity index (χ2n) is 4.50. The van der Waals surface area contributed by atoms with Crippen LogP contribution in [0.3, 0.4) is 0 Å². The standard InChI is InChI=1S/C13H25NO2/c1-4-7-10-14(11-8-9-11)12(5-2)13(15)16-6-3/h11-12H,4-10H2,1-3H3. The van der Waals surface area contributed by atoms with Crippen LogP contribution in [0.4, 0.5) is 0 Å². The first-order valence-corrected chi connectivity index (χ1v) is 6.66. The lowest BCUT2D eigenvalue weighted by Gasteiger charge is -2.29. The molecule has 1 unspecified atom stereocenters. The number of ether oxygens (including phenoxy) is 1. The van der Waals surface area contributed by atoms with Crippen LogP contribution in [0.1, 0.15) is 52.9 Å². The number of rotatable bonds is 8. The molecule has 3 heteroatoms. The van der Waals surface area contributed by atoms with Gasteiger partial charge < -0.3 is 4.74 Å². The molecule has 0 aromatic carbocycles. The minimum Gasteiger partial charge on any atom is -0.465 e. The van der Waals surface area contributed by atoms with Gasteiger partial charge in [0.05, 0.1) is 6.61 Å². The lowest BCUT2D eigenvalue weighted by atomic mass is 10.1. The Morgan fingerprint density at radius 3 is 2.50 bits per heavy atom. The molecule has 0 aromatic rings. The first-order chi connectivity index (χ1) is 7.74. The van der Waals surface area contributed by atoms with E-state index in [1.807, 2.05) is 6.92 Å². The van der Waals surface area contributed by atoms with Gasteiger partial charge in [-0.25, -0.2) is 0 Å². The highest BCUT2D eigenvalue weighted by Gasteiger charge is 2.36. The Hall–Kier alpha value is -0.570. The van der Waals surface area contributed by atoms with Crippen molar-refractivity contribution in [2.24, 2.45) is 0 Å². The third kappa shape index (κ3) is 3.78. The summed E-state index contributed by atoms with van der Waals surface area (Å²) in [5.41, 5.74) is 0. The zero-order chi connectivity index (χ0) is 12.0. The molecule has 1 rings (SSSR count). The van der Waals surface area contributed by atoms with Crippen LogP contribution in [0, 0.1) is 0 Å². The molecule has 1 aliphatic rings. The highest BCUT2D eigenvalue weighted by molar-refractivity contribution is 5.75. The van der Waals surface area contributed by atoms with Gasteiger partial charge in [-0.2, -0.15) is 0 Å². The average molecular weight is 227 g/mol. The van der Waals surface area contributed by atoms with Crippen molar-refractivity contribution in [3.05, 3.63) is 0 Å². The molecule has 1 aliphatic carbocycles. The van der Waals surface area contributed by atoms with E-state index in [1.165, 1.54) is 25.7 Å². The second kappa shape index (κ2) is 6.89. The summed E-state index contributed by atoms with van der Waals surface area (Å²) in [4.78, 5) is 14.2. The van der Waals surface area contributed by atoms with Gasteiger partial charge >= 0.3 is 5.97 Å². The maximum atomic E-state index is 11.8. The van der Waals surface area contributed by atoms with Crippen LogP contribution in [-0.2, 0) is 9.53 Å². The summed E-state index contributed by atoms with van der Waals surface area (Å²) in [6.45, 7) is 7.66. The van der Waals surface area contributed by atoms with Crippen LogP contribution < -0.4 is 0 Å². The van der Waals surface area contributed by atoms with Crippen molar-refractivity contribution in [2.45, 2.75) is 65.0 Å². The Balaban J connectivity index is 2.53. The van der Waals surface area contributed by atoms with E-state index in [1.54, 1.807) is 0 Å². The maximum absolute atomic E-state index is 11.8. The Labute approximate surface area is 99.1 Å². The van der Waals surface area contributed by atoms with E-state index in [4.69, 9.17) is 4.74 Å². The third-order valence-corrected chi connectivity index (χ3v) is 3.13. The average Bonchev–Trinajstić information content (AvgIpc) is 3.08. The molecular weight excluding hydrogens is 202 g/mol. The summed E-state index contributed by atoms with van der Waals surface area (Å²) in [6.07, 6.45) is 5.72. The predicted molar refractivity (Wildman–Crippen MR) is 65.3 cm³/mol. The van der Waals surface area contributed by atoms with E-state index in [-0.39, 0.29) is 12.0 Å². The van der Waals surface area contributed by atoms with Crippen molar-refractivity contribution >= 4 is 5.97 Å². The lowest BCUT2D eigenvalue weighted by Crippen LogP contribution is -2.43. The van der Waals surface area contributed by atoms with E-state index in [0.29, 0.717) is 12.6 Å². The first kappa shape index (κ1) is 13.5. The molecule has 3 nitrogen and oxygen atoms in total. The quantitative estimate of drug-likeness (QED) is 0.597. The smallest absolute Gasteiger partial charge is 0.323 e. The monoisotopic (exact) mass is 227 g/mol. The Morgan fingerprint density at radius 1 is 1.38 bits per heavy atom. The summed E-state index contributed by atoms with van der Waals surface area (Å²) in [7, 11) is 0. The van der Waals surface area contributed by atoms with Gasteiger partial charge in [-0.1, -0.05) is 20.3 Å². The molecule has 94 valence electrons. The van der Waals surface area contributed by atoms with Crippen molar-refractivity contribution in [3.63, 3.8) is 0 Å². The molecule has 1 atom stereocenters. The van der Waals surface area contributed by atoms with Gasteiger partial charge in [-0.3, -0.25) is 9.69 Å². The Bertz CT molecular complexity index is 214. The zero-order valence-corrected chi connectivity index (χ0v) is 10.9. The number of carbonyl (C=O) groups is 1. The van der Waals surface area contributed by atoms with Crippen molar-refractivity contribution < 1.29 is 9.53 Å². The van der Waals surface area contributed by atoms with Crippen LogP contribution in [0.15, 0.2) is 0 Å². The number of unbranched alkanes of at least 4 members (excludes halogenated alkanes) is 1. The Morgan fingerprint density at radius 2 is 2.06 bits per heavy atom. The molecule has 0 amide bonds. The van der Waals surface area contributed by atoms with Gasteiger partial charge in [0.1, 0.15) is 6.04 Å². The van der Waals surface area contributed by atoms with Crippen molar-refractivity contribution in [2.75, 3.05) is 13.2 Å². The molecule has 0 bridgehead atoms. The lowest BCUT2D eigenvalue weighted by molar-refractivity contribution is -0.150. The molecule has 0 N–H and O–H groups in total. The van der Waals surface area contributed by atoms with E-state index in [2.05, 4.69) is 18.7 Å². The molecule has 0 radical (unpaired) electrons. The molecule has 1 fully saturated rings. The molecular formula is C13H25NO2. The second-order valence-corrected chi connectivity index (χ2v) is 4.50. The summed E-state index contributed by atoms with van der Waals surface area (Å²) in [5.74, 6) is -0.0343. The molecule has 16 heavy (non-hydrogen) atoms. The van der Waals surface area contributed by atoms with Gasteiger partial charge in [0.25, 0.3) is 0 Å². The highest BCUT2D eigenvalue weighted by atomic mass is 16.5. The number of esters is 1. The third-order valence-electron chi connectivity index (χ3n) is 3.13. The number of nitrogens with zero attached hydrogens (tertiary/aromatic N) is 1. The zero-order valence-electron chi connectivity index (χ0n) is 10.9. The van der Waals surface area contributed by atoms with Gasteiger partial charge in [-0.15, -0.1) is 0 Å². The summed E-state index contributed by atoms with van der Waals surface area (Å²) in [5, 5.41) is 0. The maximum Gasteiger partial charge on any atom is 0.323 e. The first-order valence-electron chi connectivity index (χ1n) is 6.66. The van der Waals surface area contributed by atoms with Crippen molar-refractivity contribution in [1.82, 2.24) is 4.90 Å². The van der Waals surface area contributed by atoms with Crippen LogP contribution >= 0.6 is 0 Å². The van der Waals surface area contributed by atoms with Gasteiger partial charge in [0.2, 0.25) is 0 Å². The van der Waals surface area contributed by atoms with Crippen molar-refractivity contribution in [3.8, 4) is 0 Å². The molecule has 0 aliphatic heterocycles. The summed E-state index contributed by atoms with van der Waals surface area (Å²) >= 11 is 0. The van der Waals surface area contributed by atoms with Crippen molar-refractivity contribution in [1.29, 1.82) is 0 Å². The minimum absolute atomic E-state index is 0.0148. The largest absolute Gasteiger partial charge is 0.465 e. The molecule has 0 spiro atoms. The fraction of sp³-hybridized carbons (Fsp3) is 0.923. The molecule has 0 saturated heterocycles. The topological polar surface area (TPSA) is 29.5 Å². The number of carbonyl (C=O) groups excluding carboxylic acids is 1. The van der Waals surface area contributed by atoms with E-state index >= 15 is 0 Å². The fourth-order valence-corrected chi connectivity index (χ4v) is 2.11. The van der Waals surface area contributed by atoms with E-state index in [0.717, 1.165) is 13.0 Å². The van der Waals surface area contributed by atoms with Gasteiger partial charge in [-0.05, 0) is 39.2 Å². The number of hydrogen-bond acceptors (Lipinski definition) is 3. The Kier molecular flexibility index (Phi) is 5.81. The normalized spacial score (nSPS) is 17.5. The summed E-state index contributed by atoms with van der Waals surface area (Å²) in [6, 6.07) is 0.625. The SMILES string of the molecule is CCCCN(C1CC1)C(CC)C(=O)OCC.